The Morgan fingerprint density at radius 2 is 2.09 bits per heavy atom. The summed E-state index contributed by atoms with van der Waals surface area (Å²) in [6.45, 7) is -0.114. The first-order chi connectivity index (χ1) is 16.6. The average molecular weight is 570 g/mol. The van der Waals surface area contributed by atoms with Crippen LogP contribution in [-0.4, -0.2) is 74.7 Å². The van der Waals surface area contributed by atoms with E-state index in [0.717, 1.165) is 0 Å². The Balaban J connectivity index is 2.00. The van der Waals surface area contributed by atoms with Crippen LogP contribution in [-0.2, 0) is 9.59 Å². The molecular formula is C21H22BrClN6O6. The highest BCUT2D eigenvalue weighted by Crippen LogP contribution is 2.40. The number of aliphatic imine (C=N–C) groups is 1. The Bertz CT molecular complexity index is 1180. The van der Waals surface area contributed by atoms with E-state index in [4.69, 9.17) is 17.3 Å². The third-order valence-corrected chi connectivity index (χ3v) is 6.36. The largest absolute Gasteiger partial charge is 0.506 e. The van der Waals surface area contributed by atoms with Gasteiger partial charge in [0.1, 0.15) is 5.75 Å². The number of aromatic hydroxyl groups is 1. The number of pyridine rings is 1. The van der Waals surface area contributed by atoms with Crippen LogP contribution in [0.3, 0.4) is 0 Å². The molecule has 0 saturated carbocycles. The van der Waals surface area contributed by atoms with Crippen molar-refractivity contribution in [2.75, 3.05) is 25.0 Å². The van der Waals surface area contributed by atoms with Gasteiger partial charge in [-0.1, -0.05) is 17.7 Å². The van der Waals surface area contributed by atoms with Crippen molar-refractivity contribution in [3.8, 4) is 5.75 Å². The molecule has 1 aliphatic rings. The summed E-state index contributed by atoms with van der Waals surface area (Å²) in [4.78, 5) is 46.8. The Labute approximate surface area is 212 Å². The maximum Gasteiger partial charge on any atom is 0.305 e. The molecule has 35 heavy (non-hydrogen) atoms. The minimum atomic E-state index is -1.40. The van der Waals surface area contributed by atoms with E-state index < -0.39 is 48.6 Å². The van der Waals surface area contributed by atoms with Gasteiger partial charge in [0.15, 0.2) is 5.96 Å². The highest BCUT2D eigenvalue weighted by molar-refractivity contribution is 9.10. The number of β-amino-alcohol motifs (C(OH)–C–C–N with tert-alkyl or cyclic N) is 1. The van der Waals surface area contributed by atoms with Crippen molar-refractivity contribution < 1.29 is 29.7 Å². The van der Waals surface area contributed by atoms with Crippen LogP contribution in [0.2, 0.25) is 5.02 Å². The van der Waals surface area contributed by atoms with Crippen molar-refractivity contribution in [3.63, 3.8) is 0 Å². The number of imide groups is 1. The minimum Gasteiger partial charge on any atom is -0.506 e. The third kappa shape index (κ3) is 6.25. The second-order valence-electron chi connectivity index (χ2n) is 7.50. The predicted molar refractivity (Wildman–Crippen MR) is 130 cm³/mol. The molecular weight excluding hydrogens is 548 g/mol. The third-order valence-electron chi connectivity index (χ3n) is 5.01. The highest BCUT2D eigenvalue weighted by Gasteiger charge is 2.35. The zero-order valence-electron chi connectivity index (χ0n) is 18.1. The second kappa shape index (κ2) is 11.4. The molecule has 186 valence electrons. The zero-order valence-corrected chi connectivity index (χ0v) is 20.5. The van der Waals surface area contributed by atoms with E-state index >= 15 is 0 Å². The number of hydrogen-bond donors (Lipinski definition) is 6. The first-order valence-electron chi connectivity index (χ1n) is 10.3. The molecule has 0 fully saturated rings. The first kappa shape index (κ1) is 26.3. The van der Waals surface area contributed by atoms with E-state index in [1.54, 1.807) is 0 Å². The number of aliphatic carboxylic acids is 1. The SMILES string of the molecule is NCC(=O)N(C(=O)c1cncc(NC2=NCC(O)CN2)c1)C(CC(=O)O)c1ccc(Cl)c(Br)c1O. The number of aliphatic hydroxyl groups is 1. The van der Waals surface area contributed by atoms with E-state index in [9.17, 15) is 29.7 Å². The number of anilines is 1. The monoisotopic (exact) mass is 568 g/mol. The molecule has 2 amide bonds. The van der Waals surface area contributed by atoms with Gasteiger partial charge in [-0.05, 0) is 28.1 Å². The van der Waals surface area contributed by atoms with E-state index in [0.29, 0.717) is 16.5 Å². The average Bonchev–Trinajstić information content (AvgIpc) is 2.83. The Kier molecular flexibility index (Phi) is 8.62. The minimum absolute atomic E-state index is 0.0135. The zero-order chi connectivity index (χ0) is 25.7. The number of phenolic OH excluding ortho intramolecular Hbond substituents is 1. The van der Waals surface area contributed by atoms with Crippen LogP contribution in [0.4, 0.5) is 5.69 Å². The maximum atomic E-state index is 13.5. The lowest BCUT2D eigenvalue weighted by atomic mass is 9.99. The number of rotatable bonds is 7. The number of guanidine groups is 1. The van der Waals surface area contributed by atoms with Crippen LogP contribution in [0, 0.1) is 0 Å². The normalized spacial score (nSPS) is 16.0. The summed E-state index contributed by atoms with van der Waals surface area (Å²) in [6, 6.07) is 2.73. The van der Waals surface area contributed by atoms with Crippen LogP contribution >= 0.6 is 27.5 Å². The molecule has 1 aromatic carbocycles. The van der Waals surface area contributed by atoms with Crippen molar-refractivity contribution in [1.82, 2.24) is 15.2 Å². The number of hydrogen-bond acceptors (Lipinski definition) is 10. The molecule has 0 aliphatic carbocycles. The predicted octanol–water partition coefficient (Wildman–Crippen LogP) is 1.08. The van der Waals surface area contributed by atoms with Gasteiger partial charge >= 0.3 is 5.97 Å². The lowest BCUT2D eigenvalue weighted by Gasteiger charge is -2.30. The number of aliphatic hydroxyl groups excluding tert-OH is 1. The van der Waals surface area contributed by atoms with Gasteiger partial charge in [-0.15, -0.1) is 0 Å². The maximum absolute atomic E-state index is 13.5. The molecule has 0 bridgehead atoms. The van der Waals surface area contributed by atoms with Crippen LogP contribution in [0.5, 0.6) is 5.75 Å². The van der Waals surface area contributed by atoms with Gasteiger partial charge in [-0.2, -0.15) is 0 Å². The summed E-state index contributed by atoms with van der Waals surface area (Å²) < 4.78 is 0.0818. The molecule has 14 heteroatoms. The van der Waals surface area contributed by atoms with Crippen molar-refractivity contribution in [3.05, 3.63) is 51.2 Å². The first-order valence-corrected chi connectivity index (χ1v) is 11.4. The second-order valence-corrected chi connectivity index (χ2v) is 8.70. The van der Waals surface area contributed by atoms with Crippen LogP contribution in [0.15, 0.2) is 40.1 Å². The smallest absolute Gasteiger partial charge is 0.305 e. The molecule has 2 aromatic rings. The lowest BCUT2D eigenvalue weighted by Crippen LogP contribution is -2.44. The van der Waals surface area contributed by atoms with Crippen LogP contribution < -0.4 is 16.4 Å². The molecule has 2 heterocycles. The van der Waals surface area contributed by atoms with Gasteiger partial charge in [0.2, 0.25) is 5.91 Å². The van der Waals surface area contributed by atoms with E-state index in [2.05, 4.69) is 36.5 Å². The number of phenols is 1. The Hall–Kier alpha value is -3.26. The molecule has 0 radical (unpaired) electrons. The van der Waals surface area contributed by atoms with E-state index in [-0.39, 0.29) is 33.7 Å². The molecule has 2 unspecified atom stereocenters. The summed E-state index contributed by atoms with van der Waals surface area (Å²) >= 11 is 9.11. The van der Waals surface area contributed by atoms with Gasteiger partial charge in [0.05, 0.1) is 58.6 Å². The summed E-state index contributed by atoms with van der Waals surface area (Å²) in [6.07, 6.45) is 1.31. The number of benzene rings is 1. The number of halogens is 2. The Morgan fingerprint density at radius 3 is 2.71 bits per heavy atom. The molecule has 0 saturated heterocycles. The topological polar surface area (TPSA) is 190 Å². The molecule has 12 nitrogen and oxygen atoms in total. The van der Waals surface area contributed by atoms with E-state index in [1.807, 2.05) is 0 Å². The number of carbonyl (C=O) groups excluding carboxylic acids is 2. The molecule has 7 N–H and O–H groups in total. The van der Waals surface area contributed by atoms with Crippen molar-refractivity contribution in [2.24, 2.45) is 10.7 Å². The molecule has 0 spiro atoms. The fourth-order valence-corrected chi connectivity index (χ4v) is 3.89. The summed E-state index contributed by atoms with van der Waals surface area (Å²) in [5, 5.41) is 35.6. The van der Waals surface area contributed by atoms with Gasteiger partial charge in [-0.25, -0.2) is 0 Å². The van der Waals surface area contributed by atoms with Gasteiger partial charge in [-0.3, -0.25) is 29.3 Å². The summed E-state index contributed by atoms with van der Waals surface area (Å²) in [5.41, 5.74) is 5.83. The molecule has 1 aromatic heterocycles. The number of nitrogens with one attached hydrogen (secondary N) is 2. The molecule has 2 atom stereocenters. The van der Waals surface area contributed by atoms with Gasteiger partial charge in [0, 0.05) is 18.3 Å². The van der Waals surface area contributed by atoms with Crippen LogP contribution in [0.1, 0.15) is 28.4 Å². The molecule has 3 rings (SSSR count). The Morgan fingerprint density at radius 1 is 1.34 bits per heavy atom. The fraction of sp³-hybridized carbons (Fsp3) is 0.286. The van der Waals surface area contributed by atoms with Crippen LogP contribution in [0.25, 0.3) is 0 Å². The van der Waals surface area contributed by atoms with Crippen molar-refractivity contribution >= 4 is 57.0 Å². The number of aromatic nitrogens is 1. The number of carboxylic acids is 1. The molecule has 1 aliphatic heterocycles. The number of carbonyl (C=O) groups is 3. The lowest BCUT2D eigenvalue weighted by molar-refractivity contribution is -0.139. The number of nitrogens with zero attached hydrogens (tertiary/aromatic N) is 3. The summed E-state index contributed by atoms with van der Waals surface area (Å²) in [7, 11) is 0. The fourth-order valence-electron chi connectivity index (χ4n) is 3.37. The highest BCUT2D eigenvalue weighted by atomic mass is 79.9. The quantitative estimate of drug-likeness (QED) is 0.281. The number of amides is 2. The number of carboxylic acid groups (broad SMARTS) is 1. The van der Waals surface area contributed by atoms with Gasteiger partial charge in [0.25, 0.3) is 5.91 Å². The summed E-state index contributed by atoms with van der Waals surface area (Å²) in [5.74, 6) is -3.11. The standard InChI is InChI=1S/C21H22BrClN6O6/c22-18-14(23)2-1-13(19(18)34)15(4-17(32)33)29(16(31)5-24)20(35)10-3-11(7-25-6-10)28-21-26-8-12(30)9-27-21/h1-3,6-7,12,15,30,34H,4-5,8-9,24H2,(H,32,33)(H2,26,27,28). The van der Waals surface area contributed by atoms with E-state index in [1.165, 1.54) is 30.6 Å². The van der Waals surface area contributed by atoms with Crippen molar-refractivity contribution in [1.29, 1.82) is 0 Å². The van der Waals surface area contributed by atoms with Gasteiger partial charge < -0.3 is 31.7 Å². The number of nitrogens with two attached hydrogens (primary N) is 1. The van der Waals surface area contributed by atoms with Crippen molar-refractivity contribution in [2.45, 2.75) is 18.6 Å².